The van der Waals surface area contributed by atoms with Crippen molar-refractivity contribution in [2.75, 3.05) is 7.11 Å². The van der Waals surface area contributed by atoms with Crippen molar-refractivity contribution in [1.29, 1.82) is 0 Å². The number of halogens is 3. The minimum atomic E-state index is -0.473. The molecule has 26 heavy (non-hydrogen) atoms. The largest absolute Gasteiger partial charge is 0.493 e. The molecule has 0 unspecified atom stereocenters. The zero-order chi connectivity index (χ0) is 19.3. The highest BCUT2D eigenvalue weighted by Gasteiger charge is 2.13. The fourth-order valence-electron chi connectivity index (χ4n) is 1.92. The lowest BCUT2D eigenvalue weighted by molar-refractivity contribution is -0.132. The van der Waals surface area contributed by atoms with E-state index in [1.54, 1.807) is 12.1 Å². The van der Waals surface area contributed by atoms with Crippen molar-refractivity contribution in [3.63, 3.8) is 0 Å². The molecule has 2 aromatic rings. The number of methoxy groups -OCH3 is 1. The highest BCUT2D eigenvalue weighted by Crippen LogP contribution is 2.36. The summed E-state index contributed by atoms with van der Waals surface area (Å²) in [6, 6.07) is 7.78. The van der Waals surface area contributed by atoms with E-state index in [-0.39, 0.29) is 10.8 Å². The maximum Gasteiger partial charge on any atom is 0.308 e. The zero-order valence-corrected chi connectivity index (χ0v) is 16.8. The highest BCUT2D eigenvalue weighted by molar-refractivity contribution is 9.10. The van der Waals surface area contributed by atoms with Crippen molar-refractivity contribution >= 4 is 57.2 Å². The molecule has 0 aromatic heterocycles. The van der Waals surface area contributed by atoms with Gasteiger partial charge in [0.15, 0.2) is 11.5 Å². The Balaban J connectivity index is 2.14. The van der Waals surface area contributed by atoms with Gasteiger partial charge in [0.05, 0.1) is 27.8 Å². The normalized spacial score (nSPS) is 10.7. The predicted octanol–water partition coefficient (Wildman–Crippen LogP) is 4.45. The number of benzene rings is 2. The van der Waals surface area contributed by atoms with Crippen LogP contribution in [-0.2, 0) is 4.79 Å². The summed E-state index contributed by atoms with van der Waals surface area (Å²) in [5, 5.41) is 4.53. The van der Waals surface area contributed by atoms with Gasteiger partial charge in [-0.3, -0.25) is 9.59 Å². The van der Waals surface area contributed by atoms with Crippen molar-refractivity contribution in [2.45, 2.75) is 6.92 Å². The molecule has 1 N–H and O–H groups in total. The molecule has 1 amide bonds. The van der Waals surface area contributed by atoms with Crippen molar-refractivity contribution < 1.29 is 19.1 Å². The molecule has 0 fully saturated rings. The van der Waals surface area contributed by atoms with Gasteiger partial charge in [0, 0.05) is 12.5 Å². The summed E-state index contributed by atoms with van der Waals surface area (Å²) < 4.78 is 10.8. The van der Waals surface area contributed by atoms with Crippen LogP contribution >= 0.6 is 39.1 Å². The molecule has 0 bridgehead atoms. The molecular weight excluding hydrogens is 447 g/mol. The number of ether oxygens (including phenoxy) is 2. The molecule has 0 aliphatic rings. The predicted molar refractivity (Wildman–Crippen MR) is 104 cm³/mol. The lowest BCUT2D eigenvalue weighted by atomic mass is 10.2. The van der Waals surface area contributed by atoms with Gasteiger partial charge in [0.25, 0.3) is 5.91 Å². The lowest BCUT2D eigenvalue weighted by Crippen LogP contribution is -2.17. The summed E-state index contributed by atoms with van der Waals surface area (Å²) in [5.41, 5.74) is 3.32. The topological polar surface area (TPSA) is 77.0 Å². The molecule has 0 saturated carbocycles. The van der Waals surface area contributed by atoms with E-state index >= 15 is 0 Å². The monoisotopic (exact) mass is 458 g/mol. The highest BCUT2D eigenvalue weighted by atomic mass is 79.9. The Hall–Kier alpha value is -2.09. The Morgan fingerprint density at radius 2 is 1.92 bits per heavy atom. The molecular formula is C17H13BrCl2N2O4. The maximum atomic E-state index is 12.0. The fourth-order valence-corrected chi connectivity index (χ4v) is 2.76. The number of amides is 1. The van der Waals surface area contributed by atoms with Gasteiger partial charge in [-0.05, 0) is 51.8 Å². The number of carbonyl (C=O) groups excluding carboxylic acids is 2. The zero-order valence-electron chi connectivity index (χ0n) is 13.7. The third kappa shape index (κ3) is 5.20. The van der Waals surface area contributed by atoms with E-state index < -0.39 is 11.9 Å². The first-order chi connectivity index (χ1) is 12.3. The van der Waals surface area contributed by atoms with Crippen LogP contribution in [0.3, 0.4) is 0 Å². The van der Waals surface area contributed by atoms with Crippen LogP contribution < -0.4 is 14.9 Å². The molecule has 2 rings (SSSR count). The summed E-state index contributed by atoms with van der Waals surface area (Å²) in [6.07, 6.45) is 1.42. The molecule has 0 aliphatic heterocycles. The number of hydrogen-bond donors (Lipinski definition) is 1. The SMILES string of the molecule is COc1cc(/C=N\NC(=O)c2ccc(Cl)c(Cl)c2)cc(Br)c1OC(C)=O. The number of nitrogens with zero attached hydrogens (tertiary/aromatic N) is 1. The van der Waals surface area contributed by atoms with E-state index in [1.807, 2.05) is 0 Å². The second kappa shape index (κ2) is 9.02. The van der Waals surface area contributed by atoms with Crippen molar-refractivity contribution in [3.8, 4) is 11.5 Å². The van der Waals surface area contributed by atoms with Gasteiger partial charge >= 0.3 is 5.97 Å². The number of carbonyl (C=O) groups is 2. The van der Waals surface area contributed by atoms with E-state index in [9.17, 15) is 9.59 Å². The maximum absolute atomic E-state index is 12.0. The van der Waals surface area contributed by atoms with E-state index in [0.29, 0.717) is 26.4 Å². The van der Waals surface area contributed by atoms with E-state index in [0.717, 1.165) is 0 Å². The molecule has 9 heteroatoms. The standard InChI is InChI=1S/C17H13BrCl2N2O4/c1-9(23)26-16-12(18)5-10(6-15(16)25-2)8-21-22-17(24)11-3-4-13(19)14(20)7-11/h3-8H,1-2H3,(H,22,24)/b21-8-. The first-order valence-corrected chi connectivity index (χ1v) is 8.71. The van der Waals surface area contributed by atoms with Crippen LogP contribution in [0.4, 0.5) is 0 Å². The average molecular weight is 460 g/mol. The molecule has 0 saturated heterocycles. The first-order valence-electron chi connectivity index (χ1n) is 7.16. The van der Waals surface area contributed by atoms with Gasteiger partial charge in [-0.25, -0.2) is 5.43 Å². The van der Waals surface area contributed by atoms with Crippen LogP contribution in [0.25, 0.3) is 0 Å². The first kappa shape index (κ1) is 20.2. The van der Waals surface area contributed by atoms with Crippen molar-refractivity contribution in [2.24, 2.45) is 5.10 Å². The molecule has 0 heterocycles. The smallest absolute Gasteiger partial charge is 0.308 e. The quantitative estimate of drug-likeness (QED) is 0.310. The fraction of sp³-hybridized carbons (Fsp3) is 0.118. The van der Waals surface area contributed by atoms with E-state index in [1.165, 1.54) is 38.4 Å². The van der Waals surface area contributed by atoms with Gasteiger partial charge in [-0.2, -0.15) is 5.10 Å². The minimum Gasteiger partial charge on any atom is -0.493 e. The molecule has 0 spiro atoms. The summed E-state index contributed by atoms with van der Waals surface area (Å²) in [7, 11) is 1.45. The van der Waals surface area contributed by atoms with Gasteiger partial charge < -0.3 is 9.47 Å². The van der Waals surface area contributed by atoms with Crippen molar-refractivity contribution in [1.82, 2.24) is 5.43 Å². The van der Waals surface area contributed by atoms with Gasteiger partial charge in [0.2, 0.25) is 0 Å². The van der Waals surface area contributed by atoms with Crippen LogP contribution in [0.2, 0.25) is 10.0 Å². The van der Waals surface area contributed by atoms with Gasteiger partial charge in [-0.15, -0.1) is 0 Å². The molecule has 0 radical (unpaired) electrons. The van der Waals surface area contributed by atoms with E-state index in [2.05, 4.69) is 26.5 Å². The minimum absolute atomic E-state index is 0.261. The Morgan fingerprint density at radius 1 is 1.19 bits per heavy atom. The molecule has 0 aliphatic carbocycles. The van der Waals surface area contributed by atoms with Crippen molar-refractivity contribution in [3.05, 3.63) is 56.0 Å². The number of esters is 1. The van der Waals surface area contributed by atoms with Gasteiger partial charge in [0.1, 0.15) is 0 Å². The van der Waals surface area contributed by atoms with Crippen LogP contribution in [0.15, 0.2) is 39.9 Å². The summed E-state index contributed by atoms with van der Waals surface area (Å²) in [4.78, 5) is 23.2. The average Bonchev–Trinajstić information content (AvgIpc) is 2.58. The Kier molecular flexibility index (Phi) is 7.02. The van der Waals surface area contributed by atoms with E-state index in [4.69, 9.17) is 32.7 Å². The second-order valence-electron chi connectivity index (χ2n) is 4.96. The number of rotatable bonds is 5. The molecule has 6 nitrogen and oxygen atoms in total. The summed E-state index contributed by atoms with van der Waals surface area (Å²) in [5.74, 6) is -0.314. The van der Waals surface area contributed by atoms with Crippen LogP contribution in [0, 0.1) is 0 Å². The molecule has 2 aromatic carbocycles. The lowest BCUT2D eigenvalue weighted by Gasteiger charge is -2.10. The van der Waals surface area contributed by atoms with Crippen LogP contribution in [-0.4, -0.2) is 25.2 Å². The van der Waals surface area contributed by atoms with Gasteiger partial charge in [-0.1, -0.05) is 23.2 Å². The third-order valence-corrected chi connectivity index (χ3v) is 4.39. The molecule has 136 valence electrons. The number of hydrogen-bond acceptors (Lipinski definition) is 5. The number of nitrogens with one attached hydrogen (secondary N) is 1. The number of hydrazone groups is 1. The molecule has 0 atom stereocenters. The van der Waals surface area contributed by atoms with Crippen LogP contribution in [0.1, 0.15) is 22.8 Å². The third-order valence-electron chi connectivity index (χ3n) is 3.06. The second-order valence-corrected chi connectivity index (χ2v) is 6.62. The summed E-state index contributed by atoms with van der Waals surface area (Å²) in [6.45, 7) is 1.29. The summed E-state index contributed by atoms with van der Waals surface area (Å²) >= 11 is 15.0. The van der Waals surface area contributed by atoms with Crippen LogP contribution in [0.5, 0.6) is 11.5 Å². The Morgan fingerprint density at radius 3 is 2.54 bits per heavy atom. The Labute approximate surface area is 168 Å². The Bertz CT molecular complexity index is 887.